The number of hydrogen-bond donors (Lipinski definition) is 1. The highest BCUT2D eigenvalue weighted by molar-refractivity contribution is 6.01. The molecule has 0 aromatic carbocycles. The number of aliphatic hydroxyl groups excluding tert-OH is 1. The molecule has 1 heterocycles. The van der Waals surface area contributed by atoms with E-state index in [-0.39, 0.29) is 41.3 Å². The summed E-state index contributed by atoms with van der Waals surface area (Å²) in [7, 11) is 0. The van der Waals surface area contributed by atoms with Gasteiger partial charge in [0.05, 0.1) is 6.10 Å². The second-order valence-corrected chi connectivity index (χ2v) is 10.7. The van der Waals surface area contributed by atoms with Gasteiger partial charge in [-0.2, -0.15) is 0 Å². The number of fused-ring (bicyclic) bond motifs is 7. The van der Waals surface area contributed by atoms with Crippen molar-refractivity contribution < 1.29 is 29.0 Å². The highest BCUT2D eigenvalue weighted by Gasteiger charge is 2.74. The Balaban J connectivity index is 1.56. The third-order valence-electron chi connectivity index (χ3n) is 9.17. The Morgan fingerprint density at radius 3 is 2.81 bits per heavy atom. The average molecular weight is 442 g/mol. The average Bonchev–Trinajstić information content (AvgIpc) is 3.17. The first-order valence-electron chi connectivity index (χ1n) is 11.5. The molecule has 0 bridgehead atoms. The number of nitrogens with zero attached hydrogens (tertiary/aromatic N) is 1. The molecule has 0 aromatic heterocycles. The summed E-state index contributed by atoms with van der Waals surface area (Å²) in [4.78, 5) is 41.7. The monoisotopic (exact) mass is 441 g/mol. The summed E-state index contributed by atoms with van der Waals surface area (Å²) in [5.74, 6) is -0.0140. The molecule has 0 amide bonds. The van der Waals surface area contributed by atoms with Crippen LogP contribution in [0.2, 0.25) is 0 Å². The maximum atomic E-state index is 13.5. The minimum Gasteiger partial charge on any atom is -0.475 e. The second kappa shape index (κ2) is 6.86. The molecule has 0 aromatic rings. The number of hydrogen-bond acceptors (Lipinski definition) is 7. The van der Waals surface area contributed by atoms with E-state index < -0.39 is 29.1 Å². The standard InChI is InChI=1S/C25H31NO6/c1-13-26-25(20(30)12-31-14(2)27)21(32-13)10-18-17-6-5-15-9-16(28)7-8-23(15,3)22(17)19(29)11-24(18,25)4/h7-9,17-19,21-22,29H,5-6,10-12H2,1-4H3/t17-,18-,19+,21-,22+,23+,24-,25+/m1/s1. The lowest BCUT2D eigenvalue weighted by Crippen LogP contribution is -2.62. The van der Waals surface area contributed by atoms with Crippen molar-refractivity contribution in [3.63, 3.8) is 0 Å². The zero-order chi connectivity index (χ0) is 23.1. The summed E-state index contributed by atoms with van der Waals surface area (Å²) in [6, 6.07) is 0. The molecule has 5 aliphatic rings. The van der Waals surface area contributed by atoms with E-state index in [0.717, 1.165) is 18.4 Å². The number of allylic oxidation sites excluding steroid dienone is 4. The van der Waals surface area contributed by atoms with Crippen LogP contribution in [0, 0.1) is 28.6 Å². The van der Waals surface area contributed by atoms with Gasteiger partial charge in [-0.25, -0.2) is 4.99 Å². The lowest BCUT2D eigenvalue weighted by atomic mass is 9.46. The van der Waals surface area contributed by atoms with E-state index >= 15 is 0 Å². The van der Waals surface area contributed by atoms with Crippen molar-refractivity contribution in [2.75, 3.05) is 6.61 Å². The SMILES string of the molecule is CC(=O)OCC(=O)[C@]12N=C(C)O[C@@H]1C[C@@H]1[C@H]3CCC4=CC(=O)C=C[C@]4(C)[C@@H]3[C@@H](O)C[C@]12C. The fourth-order valence-corrected chi connectivity index (χ4v) is 7.97. The van der Waals surface area contributed by atoms with Crippen molar-refractivity contribution >= 4 is 23.4 Å². The molecule has 172 valence electrons. The summed E-state index contributed by atoms with van der Waals surface area (Å²) in [6.07, 6.45) is 7.01. The molecule has 8 atom stereocenters. The molecule has 1 N–H and O–H groups in total. The Morgan fingerprint density at radius 2 is 2.09 bits per heavy atom. The number of carbonyl (C=O) groups excluding carboxylic acids is 3. The molecule has 4 aliphatic carbocycles. The maximum absolute atomic E-state index is 13.5. The van der Waals surface area contributed by atoms with Gasteiger partial charge in [-0.05, 0) is 49.7 Å². The van der Waals surface area contributed by atoms with Gasteiger partial charge >= 0.3 is 5.97 Å². The number of aliphatic imine (C=N–C) groups is 1. The lowest BCUT2D eigenvalue weighted by molar-refractivity contribution is -0.155. The number of rotatable bonds is 3. The van der Waals surface area contributed by atoms with Gasteiger partial charge in [0.1, 0.15) is 6.10 Å². The Morgan fingerprint density at radius 1 is 1.34 bits per heavy atom. The molecule has 3 fully saturated rings. The fraction of sp³-hybridized carbons (Fsp3) is 0.680. The number of aliphatic hydroxyl groups is 1. The number of Topliss-reactive ketones (excluding diaryl/α,β-unsaturated/α-hetero) is 1. The van der Waals surface area contributed by atoms with Crippen molar-refractivity contribution in [2.45, 2.75) is 71.1 Å². The maximum Gasteiger partial charge on any atom is 0.303 e. The molecule has 0 unspecified atom stereocenters. The molecular formula is C25H31NO6. The van der Waals surface area contributed by atoms with Gasteiger partial charge < -0.3 is 14.6 Å². The summed E-state index contributed by atoms with van der Waals surface area (Å²) >= 11 is 0. The molecule has 7 nitrogen and oxygen atoms in total. The largest absolute Gasteiger partial charge is 0.475 e. The molecule has 0 spiro atoms. The summed E-state index contributed by atoms with van der Waals surface area (Å²) in [5, 5.41) is 11.6. The van der Waals surface area contributed by atoms with Crippen molar-refractivity contribution in [1.29, 1.82) is 0 Å². The molecule has 7 heteroatoms. The number of esters is 1. The van der Waals surface area contributed by atoms with Crippen LogP contribution in [0.1, 0.15) is 53.4 Å². The first kappa shape index (κ1) is 21.6. The molecule has 32 heavy (non-hydrogen) atoms. The summed E-state index contributed by atoms with van der Waals surface area (Å²) in [6.45, 7) is 6.88. The fourth-order valence-electron chi connectivity index (χ4n) is 7.97. The van der Waals surface area contributed by atoms with E-state index in [1.54, 1.807) is 19.1 Å². The zero-order valence-corrected chi connectivity index (χ0v) is 19.1. The minimum absolute atomic E-state index is 0.00898. The van der Waals surface area contributed by atoms with E-state index in [2.05, 4.69) is 13.8 Å². The minimum atomic E-state index is -1.15. The van der Waals surface area contributed by atoms with Crippen LogP contribution in [0.3, 0.4) is 0 Å². The number of carbonyl (C=O) groups is 3. The molecule has 0 radical (unpaired) electrons. The van der Waals surface area contributed by atoms with Gasteiger partial charge in [0.25, 0.3) is 0 Å². The summed E-state index contributed by atoms with van der Waals surface area (Å²) in [5.41, 5.74) is -1.04. The van der Waals surface area contributed by atoms with Gasteiger partial charge in [0.2, 0.25) is 5.78 Å². The van der Waals surface area contributed by atoms with Gasteiger partial charge in [0, 0.05) is 30.6 Å². The molecular weight excluding hydrogens is 410 g/mol. The molecule has 3 saturated carbocycles. The second-order valence-electron chi connectivity index (χ2n) is 10.7. The van der Waals surface area contributed by atoms with Crippen LogP contribution in [-0.4, -0.2) is 52.9 Å². The van der Waals surface area contributed by atoms with Crippen LogP contribution in [0.4, 0.5) is 0 Å². The predicted molar refractivity (Wildman–Crippen MR) is 116 cm³/mol. The van der Waals surface area contributed by atoms with E-state index in [1.165, 1.54) is 6.92 Å². The highest BCUT2D eigenvalue weighted by Crippen LogP contribution is 2.69. The molecule has 0 saturated heterocycles. The van der Waals surface area contributed by atoms with Crippen molar-refractivity contribution in [3.05, 3.63) is 23.8 Å². The zero-order valence-electron chi connectivity index (χ0n) is 19.1. The van der Waals surface area contributed by atoms with Gasteiger partial charge in [-0.1, -0.05) is 25.5 Å². The normalized spacial score (nSPS) is 46.2. The van der Waals surface area contributed by atoms with Crippen molar-refractivity contribution in [1.82, 2.24) is 0 Å². The third kappa shape index (κ3) is 2.63. The van der Waals surface area contributed by atoms with Crippen LogP contribution < -0.4 is 0 Å². The Labute approximate surface area is 187 Å². The van der Waals surface area contributed by atoms with Gasteiger partial charge in [-0.3, -0.25) is 14.4 Å². The first-order valence-corrected chi connectivity index (χ1v) is 11.5. The van der Waals surface area contributed by atoms with Crippen LogP contribution in [0.5, 0.6) is 0 Å². The Hall–Kier alpha value is -2.28. The topological polar surface area (TPSA) is 102 Å². The quantitative estimate of drug-likeness (QED) is 0.676. The van der Waals surface area contributed by atoms with E-state index in [4.69, 9.17) is 14.5 Å². The first-order chi connectivity index (χ1) is 15.0. The van der Waals surface area contributed by atoms with Crippen LogP contribution in [-0.2, 0) is 23.9 Å². The van der Waals surface area contributed by atoms with Crippen LogP contribution >= 0.6 is 0 Å². The Bertz CT molecular complexity index is 996. The van der Waals surface area contributed by atoms with Crippen LogP contribution in [0.15, 0.2) is 28.8 Å². The van der Waals surface area contributed by atoms with Gasteiger partial charge in [0.15, 0.2) is 23.8 Å². The lowest BCUT2D eigenvalue weighted by Gasteiger charge is -2.59. The third-order valence-corrected chi connectivity index (χ3v) is 9.17. The Kier molecular flexibility index (Phi) is 4.62. The number of ether oxygens (including phenoxy) is 2. The number of ketones is 2. The van der Waals surface area contributed by atoms with Crippen molar-refractivity contribution in [3.8, 4) is 0 Å². The highest BCUT2D eigenvalue weighted by atomic mass is 16.5. The predicted octanol–water partition coefficient (Wildman–Crippen LogP) is 2.56. The van der Waals surface area contributed by atoms with E-state index in [0.29, 0.717) is 18.7 Å². The van der Waals surface area contributed by atoms with Gasteiger partial charge in [-0.15, -0.1) is 0 Å². The van der Waals surface area contributed by atoms with Crippen LogP contribution in [0.25, 0.3) is 0 Å². The van der Waals surface area contributed by atoms with E-state index in [1.807, 2.05) is 6.08 Å². The van der Waals surface area contributed by atoms with E-state index in [9.17, 15) is 19.5 Å². The molecule has 5 rings (SSSR count). The smallest absolute Gasteiger partial charge is 0.303 e. The summed E-state index contributed by atoms with van der Waals surface area (Å²) < 4.78 is 11.2. The molecule has 1 aliphatic heterocycles. The van der Waals surface area contributed by atoms with Crippen molar-refractivity contribution in [2.24, 2.45) is 33.6 Å².